The molecule has 2 saturated heterocycles. The zero-order chi connectivity index (χ0) is 11.3. The Kier molecular flexibility index (Phi) is 2.56. The molecule has 2 unspecified atom stereocenters. The van der Waals surface area contributed by atoms with Gasteiger partial charge in [0.2, 0.25) is 0 Å². The van der Waals surface area contributed by atoms with Crippen LogP contribution >= 0.6 is 0 Å². The standard InChI is InChI=1S/C14H26N2/c1-14(2,3)10-15-6-11-8-16(13-4-5-13)9-12(11)7-15/h11-13H,4-10H2,1-3H3. The summed E-state index contributed by atoms with van der Waals surface area (Å²) < 4.78 is 0. The van der Waals surface area contributed by atoms with Gasteiger partial charge >= 0.3 is 0 Å². The molecular formula is C14H26N2. The van der Waals surface area contributed by atoms with E-state index in [2.05, 4.69) is 30.6 Å². The molecule has 0 amide bonds. The second-order valence-corrected chi connectivity index (χ2v) is 7.46. The SMILES string of the molecule is CC(C)(C)CN1CC2CN(C3CC3)CC2C1. The van der Waals surface area contributed by atoms with Crippen LogP contribution in [-0.4, -0.2) is 48.6 Å². The van der Waals surface area contributed by atoms with Gasteiger partial charge in [0.25, 0.3) is 0 Å². The smallest absolute Gasteiger partial charge is 0.00966 e. The molecule has 0 N–H and O–H groups in total. The van der Waals surface area contributed by atoms with E-state index in [9.17, 15) is 0 Å². The fraction of sp³-hybridized carbons (Fsp3) is 1.00. The third-order valence-electron chi connectivity index (χ3n) is 4.35. The maximum Gasteiger partial charge on any atom is 0.00966 e. The highest BCUT2D eigenvalue weighted by molar-refractivity contribution is 4.98. The fourth-order valence-corrected chi connectivity index (χ4v) is 3.66. The van der Waals surface area contributed by atoms with Crippen molar-refractivity contribution in [1.29, 1.82) is 0 Å². The summed E-state index contributed by atoms with van der Waals surface area (Å²) in [6, 6.07) is 0.988. The van der Waals surface area contributed by atoms with Crippen LogP contribution in [0.2, 0.25) is 0 Å². The van der Waals surface area contributed by atoms with Gasteiger partial charge in [-0.3, -0.25) is 4.90 Å². The fourth-order valence-electron chi connectivity index (χ4n) is 3.66. The van der Waals surface area contributed by atoms with Crippen molar-refractivity contribution in [3.63, 3.8) is 0 Å². The van der Waals surface area contributed by atoms with E-state index in [-0.39, 0.29) is 0 Å². The van der Waals surface area contributed by atoms with Crippen LogP contribution in [0, 0.1) is 17.3 Å². The molecule has 2 heteroatoms. The van der Waals surface area contributed by atoms with Gasteiger partial charge in [-0.15, -0.1) is 0 Å². The van der Waals surface area contributed by atoms with Crippen LogP contribution in [0.1, 0.15) is 33.6 Å². The zero-order valence-electron chi connectivity index (χ0n) is 11.1. The van der Waals surface area contributed by atoms with E-state index in [1.165, 1.54) is 45.6 Å². The summed E-state index contributed by atoms with van der Waals surface area (Å²) in [7, 11) is 0. The largest absolute Gasteiger partial charge is 0.302 e. The number of likely N-dealkylation sites (tertiary alicyclic amines) is 2. The molecule has 0 aromatic carbocycles. The van der Waals surface area contributed by atoms with Crippen molar-refractivity contribution < 1.29 is 0 Å². The molecule has 1 saturated carbocycles. The monoisotopic (exact) mass is 222 g/mol. The van der Waals surface area contributed by atoms with E-state index in [1.54, 1.807) is 0 Å². The quantitative estimate of drug-likeness (QED) is 0.705. The first-order valence-corrected chi connectivity index (χ1v) is 6.98. The molecule has 3 rings (SSSR count). The highest BCUT2D eigenvalue weighted by atomic mass is 15.3. The van der Waals surface area contributed by atoms with Gasteiger partial charge in [0.15, 0.2) is 0 Å². The molecule has 3 fully saturated rings. The topological polar surface area (TPSA) is 6.48 Å². The van der Waals surface area contributed by atoms with Crippen molar-refractivity contribution in [3.8, 4) is 0 Å². The molecular weight excluding hydrogens is 196 g/mol. The average Bonchev–Trinajstić information content (AvgIpc) is 2.80. The minimum atomic E-state index is 0.467. The summed E-state index contributed by atoms with van der Waals surface area (Å²) in [6.07, 6.45) is 2.95. The van der Waals surface area contributed by atoms with E-state index in [1.807, 2.05) is 0 Å². The maximum absolute atomic E-state index is 2.77. The Bertz CT molecular complexity index is 250. The van der Waals surface area contributed by atoms with Crippen molar-refractivity contribution in [1.82, 2.24) is 9.80 Å². The minimum absolute atomic E-state index is 0.467. The van der Waals surface area contributed by atoms with Crippen LogP contribution in [0.5, 0.6) is 0 Å². The Balaban J connectivity index is 1.52. The number of fused-ring (bicyclic) bond motifs is 1. The molecule has 0 bridgehead atoms. The highest BCUT2D eigenvalue weighted by Crippen LogP contribution is 2.38. The van der Waals surface area contributed by atoms with E-state index < -0.39 is 0 Å². The maximum atomic E-state index is 2.77. The molecule has 2 aliphatic heterocycles. The Morgan fingerprint density at radius 1 is 0.938 bits per heavy atom. The van der Waals surface area contributed by atoms with E-state index in [0.717, 1.165) is 17.9 Å². The van der Waals surface area contributed by atoms with Crippen LogP contribution in [0.15, 0.2) is 0 Å². The van der Waals surface area contributed by atoms with E-state index in [0.29, 0.717) is 5.41 Å². The van der Waals surface area contributed by atoms with Gasteiger partial charge in [-0.2, -0.15) is 0 Å². The Morgan fingerprint density at radius 2 is 1.50 bits per heavy atom. The summed E-state index contributed by atoms with van der Waals surface area (Å²) in [4.78, 5) is 5.48. The second-order valence-electron chi connectivity index (χ2n) is 7.46. The third-order valence-corrected chi connectivity index (χ3v) is 4.35. The summed E-state index contributed by atoms with van der Waals surface area (Å²) in [5.41, 5.74) is 0.467. The summed E-state index contributed by atoms with van der Waals surface area (Å²) in [6.45, 7) is 13.9. The van der Waals surface area contributed by atoms with Gasteiger partial charge in [-0.1, -0.05) is 20.8 Å². The summed E-state index contributed by atoms with van der Waals surface area (Å²) in [5, 5.41) is 0. The van der Waals surface area contributed by atoms with Crippen LogP contribution in [0.25, 0.3) is 0 Å². The molecule has 0 spiro atoms. The zero-order valence-corrected chi connectivity index (χ0v) is 11.1. The second kappa shape index (κ2) is 3.71. The molecule has 2 nitrogen and oxygen atoms in total. The van der Waals surface area contributed by atoms with E-state index >= 15 is 0 Å². The Labute approximate surface area is 100.0 Å². The van der Waals surface area contributed by atoms with Crippen molar-refractivity contribution in [3.05, 3.63) is 0 Å². The first-order chi connectivity index (χ1) is 7.51. The number of nitrogens with zero attached hydrogens (tertiary/aromatic N) is 2. The Morgan fingerprint density at radius 3 is 1.94 bits per heavy atom. The molecule has 2 atom stereocenters. The van der Waals surface area contributed by atoms with Crippen LogP contribution in [-0.2, 0) is 0 Å². The van der Waals surface area contributed by atoms with Crippen molar-refractivity contribution in [2.75, 3.05) is 32.7 Å². The number of hydrogen-bond donors (Lipinski definition) is 0. The van der Waals surface area contributed by atoms with Gasteiger partial charge < -0.3 is 4.90 Å². The molecule has 0 aromatic rings. The number of rotatable bonds is 2. The first kappa shape index (κ1) is 11.0. The molecule has 16 heavy (non-hydrogen) atoms. The van der Waals surface area contributed by atoms with Gasteiger partial charge in [-0.25, -0.2) is 0 Å². The molecule has 0 aromatic heterocycles. The molecule has 1 aliphatic carbocycles. The first-order valence-electron chi connectivity index (χ1n) is 6.98. The molecule has 3 aliphatic rings. The number of hydrogen-bond acceptors (Lipinski definition) is 2. The van der Waals surface area contributed by atoms with Crippen LogP contribution in [0.3, 0.4) is 0 Å². The highest BCUT2D eigenvalue weighted by Gasteiger charge is 2.44. The van der Waals surface area contributed by atoms with Crippen LogP contribution < -0.4 is 0 Å². The minimum Gasteiger partial charge on any atom is -0.302 e. The third kappa shape index (κ3) is 2.28. The van der Waals surface area contributed by atoms with Gasteiger partial charge in [0.05, 0.1) is 0 Å². The average molecular weight is 222 g/mol. The van der Waals surface area contributed by atoms with E-state index in [4.69, 9.17) is 0 Å². The van der Waals surface area contributed by atoms with Crippen molar-refractivity contribution in [2.45, 2.75) is 39.7 Å². The predicted octanol–water partition coefficient (Wildman–Crippen LogP) is 2.06. The predicted molar refractivity (Wildman–Crippen MR) is 67.5 cm³/mol. The van der Waals surface area contributed by atoms with Gasteiger partial charge in [0.1, 0.15) is 0 Å². The summed E-state index contributed by atoms with van der Waals surface area (Å²) >= 11 is 0. The summed E-state index contributed by atoms with van der Waals surface area (Å²) in [5.74, 6) is 1.98. The molecule has 2 heterocycles. The van der Waals surface area contributed by atoms with Crippen molar-refractivity contribution >= 4 is 0 Å². The van der Waals surface area contributed by atoms with Gasteiger partial charge in [-0.05, 0) is 30.1 Å². The lowest BCUT2D eigenvalue weighted by Gasteiger charge is -2.27. The lowest BCUT2D eigenvalue weighted by Crippen LogP contribution is -2.34. The molecule has 92 valence electrons. The normalized spacial score (nSPS) is 36.9. The van der Waals surface area contributed by atoms with Gasteiger partial charge in [0, 0.05) is 38.8 Å². The Hall–Kier alpha value is -0.0800. The lowest BCUT2D eigenvalue weighted by molar-refractivity contribution is 0.195. The van der Waals surface area contributed by atoms with Crippen molar-refractivity contribution in [2.24, 2.45) is 17.3 Å². The molecule has 0 radical (unpaired) electrons. The lowest BCUT2D eigenvalue weighted by atomic mass is 9.96. The van der Waals surface area contributed by atoms with Crippen LogP contribution in [0.4, 0.5) is 0 Å².